The predicted molar refractivity (Wildman–Crippen MR) is 107 cm³/mol. The molecule has 0 unspecified atom stereocenters. The van der Waals surface area contributed by atoms with Crippen molar-refractivity contribution in [1.29, 1.82) is 0 Å². The van der Waals surface area contributed by atoms with Gasteiger partial charge >= 0.3 is 0 Å². The molecule has 0 spiro atoms. The van der Waals surface area contributed by atoms with E-state index in [0.717, 1.165) is 57.9 Å². The number of aryl methyl sites for hydroxylation is 2. The zero-order valence-corrected chi connectivity index (χ0v) is 17.0. The Morgan fingerprint density at radius 3 is 2.59 bits per heavy atom. The van der Waals surface area contributed by atoms with Gasteiger partial charge in [0.15, 0.2) is 5.13 Å². The highest BCUT2D eigenvalue weighted by Gasteiger charge is 2.22. The maximum absolute atomic E-state index is 11.1. The normalized spacial score (nSPS) is 18.4. The van der Waals surface area contributed by atoms with Gasteiger partial charge in [-0.3, -0.25) is 14.6 Å². The number of fused-ring (bicyclic) bond motifs is 1. The van der Waals surface area contributed by atoms with Crippen LogP contribution in [0.15, 0.2) is 5.38 Å². The summed E-state index contributed by atoms with van der Waals surface area (Å²) < 4.78 is 2.46. The molecular formula is C19H28N6OS. The molecule has 1 N–H and O–H groups in total. The maximum atomic E-state index is 11.1. The van der Waals surface area contributed by atoms with Crippen LogP contribution in [-0.4, -0.2) is 56.4 Å². The second-order valence-electron chi connectivity index (χ2n) is 7.55. The molecule has 2 aliphatic heterocycles. The molecule has 0 aliphatic carbocycles. The van der Waals surface area contributed by atoms with Crippen LogP contribution >= 0.6 is 11.3 Å². The number of amides is 1. The van der Waals surface area contributed by atoms with E-state index in [1.807, 2.05) is 5.38 Å². The number of carbonyl (C=O) groups is 1. The summed E-state index contributed by atoms with van der Waals surface area (Å²) in [6.07, 6.45) is 3.68. The van der Waals surface area contributed by atoms with Gasteiger partial charge in [0.2, 0.25) is 5.91 Å². The first kappa shape index (κ1) is 18.6. The minimum Gasteiger partial charge on any atom is -0.331 e. The van der Waals surface area contributed by atoms with E-state index in [9.17, 15) is 4.79 Å². The van der Waals surface area contributed by atoms with E-state index in [4.69, 9.17) is 4.98 Å². The third kappa shape index (κ3) is 4.39. The topological polar surface area (TPSA) is 66.3 Å². The summed E-state index contributed by atoms with van der Waals surface area (Å²) in [6.45, 7) is 10.9. The number of carbonyl (C=O) groups excluding carboxylic acids is 1. The zero-order valence-electron chi connectivity index (χ0n) is 16.2. The standard InChI is InChI=1S/C19H28N6OS/c1-14-17(25-6-4-3-5-18(25)20-14)12-24-9-7-23(8-10-24)11-16-13-27-19(22-16)21-15(2)26/h13H,3-12H2,1-2H3,(H,21,22,26). The molecular weight excluding hydrogens is 360 g/mol. The Morgan fingerprint density at radius 1 is 1.11 bits per heavy atom. The Balaban J connectivity index is 1.30. The number of piperazine rings is 1. The number of hydrogen-bond donors (Lipinski definition) is 1. The van der Waals surface area contributed by atoms with Crippen LogP contribution in [0.5, 0.6) is 0 Å². The summed E-state index contributed by atoms with van der Waals surface area (Å²) in [4.78, 5) is 25.4. The number of hydrogen-bond acceptors (Lipinski definition) is 6. The number of anilines is 1. The lowest BCUT2D eigenvalue weighted by atomic mass is 10.1. The molecule has 1 amide bonds. The van der Waals surface area contributed by atoms with E-state index in [1.54, 1.807) is 0 Å². The van der Waals surface area contributed by atoms with Crippen LogP contribution in [0.3, 0.4) is 0 Å². The summed E-state index contributed by atoms with van der Waals surface area (Å²) in [6, 6.07) is 0. The van der Waals surface area contributed by atoms with Crippen LogP contribution in [0.2, 0.25) is 0 Å². The molecule has 2 aliphatic rings. The average molecular weight is 389 g/mol. The second-order valence-corrected chi connectivity index (χ2v) is 8.40. The third-order valence-corrected chi connectivity index (χ3v) is 6.25. The largest absolute Gasteiger partial charge is 0.331 e. The molecule has 2 aromatic heterocycles. The SMILES string of the molecule is CC(=O)Nc1nc(CN2CCN(Cc3c(C)nc4n3CCCC4)CC2)cs1. The number of thiazole rings is 1. The first-order chi connectivity index (χ1) is 13.1. The smallest absolute Gasteiger partial charge is 0.223 e. The van der Waals surface area contributed by atoms with Crippen LogP contribution in [0.4, 0.5) is 5.13 Å². The monoisotopic (exact) mass is 388 g/mol. The Labute approximate surface area is 164 Å². The van der Waals surface area contributed by atoms with Crippen molar-refractivity contribution in [3.8, 4) is 0 Å². The van der Waals surface area contributed by atoms with E-state index in [-0.39, 0.29) is 5.91 Å². The summed E-state index contributed by atoms with van der Waals surface area (Å²) in [5.74, 6) is 1.22. The van der Waals surface area contributed by atoms with Gasteiger partial charge in [0.25, 0.3) is 0 Å². The fourth-order valence-corrected chi connectivity index (χ4v) is 4.76. The summed E-state index contributed by atoms with van der Waals surface area (Å²) in [5, 5.41) is 5.49. The molecule has 0 bridgehead atoms. The molecule has 2 aromatic rings. The number of rotatable bonds is 5. The Morgan fingerprint density at radius 2 is 1.85 bits per heavy atom. The van der Waals surface area contributed by atoms with Crippen molar-refractivity contribution in [3.05, 3.63) is 28.3 Å². The first-order valence-electron chi connectivity index (χ1n) is 9.80. The molecule has 27 heavy (non-hydrogen) atoms. The minimum absolute atomic E-state index is 0.0677. The molecule has 1 fully saturated rings. The Bertz CT molecular complexity index is 805. The van der Waals surface area contributed by atoms with Crippen molar-refractivity contribution in [2.24, 2.45) is 0 Å². The first-order valence-corrected chi connectivity index (χ1v) is 10.7. The lowest BCUT2D eigenvalue weighted by Gasteiger charge is -2.34. The molecule has 7 nitrogen and oxygen atoms in total. The highest BCUT2D eigenvalue weighted by Crippen LogP contribution is 2.22. The van der Waals surface area contributed by atoms with Gasteiger partial charge < -0.3 is 9.88 Å². The molecule has 0 aromatic carbocycles. The molecule has 146 valence electrons. The average Bonchev–Trinajstić information content (AvgIpc) is 3.20. The van der Waals surface area contributed by atoms with Crippen molar-refractivity contribution >= 4 is 22.4 Å². The molecule has 0 saturated carbocycles. The Kier molecular flexibility index (Phi) is 5.56. The zero-order chi connectivity index (χ0) is 18.8. The van der Waals surface area contributed by atoms with Gasteiger partial charge in [-0.15, -0.1) is 11.3 Å². The second kappa shape index (κ2) is 8.08. The van der Waals surface area contributed by atoms with Crippen molar-refractivity contribution in [2.45, 2.75) is 52.7 Å². The fraction of sp³-hybridized carbons (Fsp3) is 0.632. The van der Waals surface area contributed by atoms with E-state index >= 15 is 0 Å². The van der Waals surface area contributed by atoms with Gasteiger partial charge in [0.1, 0.15) is 5.82 Å². The Hall–Kier alpha value is -1.77. The third-order valence-electron chi connectivity index (χ3n) is 5.44. The molecule has 8 heteroatoms. The van der Waals surface area contributed by atoms with Crippen LogP contribution in [0.25, 0.3) is 0 Å². The lowest BCUT2D eigenvalue weighted by Crippen LogP contribution is -2.45. The van der Waals surface area contributed by atoms with Gasteiger partial charge in [0, 0.05) is 64.5 Å². The molecule has 0 radical (unpaired) electrons. The van der Waals surface area contributed by atoms with Gasteiger partial charge in [-0.1, -0.05) is 0 Å². The van der Waals surface area contributed by atoms with Crippen molar-refractivity contribution in [3.63, 3.8) is 0 Å². The van der Waals surface area contributed by atoms with E-state index in [0.29, 0.717) is 5.13 Å². The van der Waals surface area contributed by atoms with Gasteiger partial charge in [-0.05, 0) is 19.8 Å². The number of nitrogens with zero attached hydrogens (tertiary/aromatic N) is 5. The number of aromatic nitrogens is 3. The summed E-state index contributed by atoms with van der Waals surface area (Å²) in [5.41, 5.74) is 3.66. The van der Waals surface area contributed by atoms with Crippen molar-refractivity contribution in [1.82, 2.24) is 24.3 Å². The maximum Gasteiger partial charge on any atom is 0.223 e. The number of nitrogens with one attached hydrogen (secondary N) is 1. The highest BCUT2D eigenvalue weighted by atomic mass is 32.1. The number of imidazole rings is 1. The van der Waals surface area contributed by atoms with Crippen LogP contribution in [0.1, 0.15) is 42.7 Å². The molecule has 4 heterocycles. The van der Waals surface area contributed by atoms with E-state index < -0.39 is 0 Å². The van der Waals surface area contributed by atoms with Crippen molar-refractivity contribution < 1.29 is 4.79 Å². The minimum atomic E-state index is -0.0677. The van der Waals surface area contributed by atoms with Gasteiger partial charge in [-0.2, -0.15) is 0 Å². The molecule has 1 saturated heterocycles. The van der Waals surface area contributed by atoms with E-state index in [2.05, 4.69) is 31.6 Å². The lowest BCUT2D eigenvalue weighted by molar-refractivity contribution is -0.114. The van der Waals surface area contributed by atoms with Crippen LogP contribution in [-0.2, 0) is 30.8 Å². The van der Waals surface area contributed by atoms with Gasteiger partial charge in [-0.25, -0.2) is 9.97 Å². The van der Waals surface area contributed by atoms with Crippen LogP contribution in [0, 0.1) is 6.92 Å². The molecule has 4 rings (SSSR count). The quantitative estimate of drug-likeness (QED) is 0.851. The van der Waals surface area contributed by atoms with Crippen LogP contribution < -0.4 is 5.32 Å². The van der Waals surface area contributed by atoms with E-state index in [1.165, 1.54) is 48.3 Å². The fourth-order valence-electron chi connectivity index (χ4n) is 4.01. The highest BCUT2D eigenvalue weighted by molar-refractivity contribution is 7.13. The summed E-state index contributed by atoms with van der Waals surface area (Å²) in [7, 11) is 0. The van der Waals surface area contributed by atoms with Crippen molar-refractivity contribution in [2.75, 3.05) is 31.5 Å². The molecule has 0 atom stereocenters. The summed E-state index contributed by atoms with van der Waals surface area (Å²) >= 11 is 1.49. The van der Waals surface area contributed by atoms with Gasteiger partial charge in [0.05, 0.1) is 17.1 Å². The predicted octanol–water partition coefficient (Wildman–Crippen LogP) is 2.26.